The van der Waals surface area contributed by atoms with E-state index in [0.29, 0.717) is 24.6 Å². The van der Waals surface area contributed by atoms with Crippen molar-refractivity contribution in [3.05, 3.63) is 70.5 Å². The molecule has 3 aliphatic heterocycles. The highest BCUT2D eigenvalue weighted by Gasteiger charge is 2.40. The van der Waals surface area contributed by atoms with Crippen LogP contribution in [0.3, 0.4) is 0 Å². The zero-order chi connectivity index (χ0) is 39.3. The van der Waals surface area contributed by atoms with Crippen LogP contribution in [-0.2, 0) is 28.5 Å². The Morgan fingerprint density at radius 3 is 2.52 bits per heavy atom. The lowest BCUT2D eigenvalue weighted by molar-refractivity contribution is 0.0719. The Bertz CT molecular complexity index is 2300. The van der Waals surface area contributed by atoms with E-state index in [0.717, 1.165) is 77.0 Å². The van der Waals surface area contributed by atoms with Crippen LogP contribution in [0.25, 0.3) is 33.8 Å². The smallest absolute Gasteiger partial charge is 0.304 e. The Morgan fingerprint density at radius 2 is 1.79 bits per heavy atom. The van der Waals surface area contributed by atoms with Gasteiger partial charge in [0.2, 0.25) is 0 Å². The maximum absolute atomic E-state index is 14.6. The Hall–Kier alpha value is -4.50. The number of nitrogens with one attached hydrogen (secondary N) is 2. The fraction of sp³-hybridized carbons (Fsp3) is 0.500. The van der Waals surface area contributed by atoms with Gasteiger partial charge in [0.1, 0.15) is 5.75 Å². The molecule has 5 heterocycles. The Kier molecular flexibility index (Phi) is 10.6. The SMILES string of the molecule is CCNC1CN(C(=O)c2cnn(C)c2C2=Cc3cc(OC)ccc3-c3c(C4CCCCC4)c4ccc(C(=O)NS(=O)(=O)N5CCOCC5)cc4n3C2)C(C)C1C. The number of methoxy groups -OCH3 is 1. The van der Waals surface area contributed by atoms with E-state index >= 15 is 0 Å². The van der Waals surface area contributed by atoms with E-state index < -0.39 is 16.1 Å². The van der Waals surface area contributed by atoms with Gasteiger partial charge in [0.15, 0.2) is 0 Å². The van der Waals surface area contributed by atoms with Crippen molar-refractivity contribution in [2.75, 3.05) is 46.5 Å². The van der Waals surface area contributed by atoms with E-state index in [4.69, 9.17) is 9.47 Å². The number of allylic oxidation sites excluding steroid dienone is 1. The number of likely N-dealkylation sites (tertiary alicyclic amines) is 1. The van der Waals surface area contributed by atoms with Crippen molar-refractivity contribution in [1.29, 1.82) is 0 Å². The van der Waals surface area contributed by atoms with Gasteiger partial charge in [-0.2, -0.15) is 17.8 Å². The minimum absolute atomic E-state index is 0.0439. The molecule has 298 valence electrons. The van der Waals surface area contributed by atoms with Gasteiger partial charge in [-0.05, 0) is 91.3 Å². The molecule has 0 bridgehead atoms. The summed E-state index contributed by atoms with van der Waals surface area (Å²) in [7, 11) is -0.528. The molecule has 3 atom stereocenters. The molecule has 13 nitrogen and oxygen atoms in total. The first-order valence-electron chi connectivity index (χ1n) is 20.0. The summed E-state index contributed by atoms with van der Waals surface area (Å²) in [4.78, 5) is 30.3. The summed E-state index contributed by atoms with van der Waals surface area (Å²) in [5, 5.41) is 9.27. The summed E-state index contributed by atoms with van der Waals surface area (Å²) in [6.45, 7) is 9.17. The molecule has 4 aliphatic rings. The second-order valence-electron chi connectivity index (χ2n) is 15.7. The number of hydrogen-bond donors (Lipinski definition) is 2. The number of ether oxygens (including phenoxy) is 2. The van der Waals surface area contributed by atoms with Gasteiger partial charge in [-0.25, -0.2) is 4.72 Å². The number of carbonyl (C=O) groups is 2. The number of morpholine rings is 1. The quantitative estimate of drug-likeness (QED) is 0.230. The van der Waals surface area contributed by atoms with Gasteiger partial charge in [0.05, 0.1) is 50.0 Å². The van der Waals surface area contributed by atoms with Crippen molar-refractivity contribution >= 4 is 44.6 Å². The molecule has 3 fully saturated rings. The van der Waals surface area contributed by atoms with Crippen LogP contribution in [0.15, 0.2) is 42.6 Å². The molecule has 1 saturated carbocycles. The second-order valence-corrected chi connectivity index (χ2v) is 17.4. The third-order valence-electron chi connectivity index (χ3n) is 12.6. The summed E-state index contributed by atoms with van der Waals surface area (Å²) < 4.78 is 45.2. The van der Waals surface area contributed by atoms with E-state index in [1.807, 2.05) is 36.2 Å². The second kappa shape index (κ2) is 15.4. The molecular formula is C42H53N7O6S. The van der Waals surface area contributed by atoms with Crippen molar-refractivity contribution < 1.29 is 27.5 Å². The number of nitrogens with zero attached hydrogens (tertiary/aromatic N) is 5. The predicted molar refractivity (Wildman–Crippen MR) is 217 cm³/mol. The van der Waals surface area contributed by atoms with Gasteiger partial charge in [-0.3, -0.25) is 14.3 Å². The molecule has 14 heteroatoms. The molecule has 4 aromatic rings. The van der Waals surface area contributed by atoms with E-state index in [-0.39, 0.29) is 55.8 Å². The largest absolute Gasteiger partial charge is 0.497 e. The molecule has 56 heavy (non-hydrogen) atoms. The molecule has 1 aliphatic carbocycles. The topological polar surface area (TPSA) is 140 Å². The number of fused-ring (bicyclic) bond motifs is 5. The predicted octanol–water partition coefficient (Wildman–Crippen LogP) is 5.42. The molecular weight excluding hydrogens is 731 g/mol. The van der Waals surface area contributed by atoms with E-state index in [1.54, 1.807) is 24.1 Å². The lowest BCUT2D eigenvalue weighted by Gasteiger charge is -2.25. The number of amides is 2. The molecule has 0 spiro atoms. The Balaban J connectivity index is 1.27. The average Bonchev–Trinajstić information content (AvgIpc) is 3.80. The van der Waals surface area contributed by atoms with Crippen LogP contribution in [0.5, 0.6) is 5.75 Å². The van der Waals surface area contributed by atoms with Gasteiger partial charge in [0.25, 0.3) is 11.8 Å². The van der Waals surface area contributed by atoms with Gasteiger partial charge < -0.3 is 24.3 Å². The van der Waals surface area contributed by atoms with Crippen LogP contribution >= 0.6 is 0 Å². The fourth-order valence-electron chi connectivity index (χ4n) is 9.43. The lowest BCUT2D eigenvalue weighted by Crippen LogP contribution is -2.48. The van der Waals surface area contributed by atoms with Crippen LogP contribution in [0.2, 0.25) is 0 Å². The molecule has 2 N–H and O–H groups in total. The average molecular weight is 784 g/mol. The van der Waals surface area contributed by atoms with E-state index in [9.17, 15) is 18.0 Å². The summed E-state index contributed by atoms with van der Waals surface area (Å²) in [6.07, 6.45) is 9.42. The first-order chi connectivity index (χ1) is 27.0. The third-order valence-corrected chi connectivity index (χ3v) is 14.1. The minimum atomic E-state index is -4.07. The Morgan fingerprint density at radius 1 is 1.02 bits per heavy atom. The number of carbonyl (C=O) groups excluding carboxylic acids is 2. The summed E-state index contributed by atoms with van der Waals surface area (Å²) in [6, 6.07) is 11.9. The zero-order valence-electron chi connectivity index (χ0n) is 33.0. The summed E-state index contributed by atoms with van der Waals surface area (Å²) in [5.41, 5.74) is 7.54. The summed E-state index contributed by atoms with van der Waals surface area (Å²) in [5.74, 6) is 0.575. The maximum atomic E-state index is 14.6. The van der Waals surface area contributed by atoms with Crippen LogP contribution in [0.4, 0.5) is 0 Å². The number of benzene rings is 2. The van der Waals surface area contributed by atoms with Crippen LogP contribution in [0.1, 0.15) is 96.3 Å². The fourth-order valence-corrected chi connectivity index (χ4v) is 10.5. The molecule has 3 unspecified atom stereocenters. The number of hydrogen-bond acceptors (Lipinski definition) is 8. The Labute approximate surface area is 329 Å². The van der Waals surface area contributed by atoms with Crippen LogP contribution < -0.4 is 14.8 Å². The van der Waals surface area contributed by atoms with E-state index in [2.05, 4.69) is 52.6 Å². The molecule has 2 amide bonds. The first kappa shape index (κ1) is 38.4. The van der Waals surface area contributed by atoms with Gasteiger partial charge in [-0.1, -0.05) is 39.2 Å². The van der Waals surface area contributed by atoms with Gasteiger partial charge >= 0.3 is 10.2 Å². The summed E-state index contributed by atoms with van der Waals surface area (Å²) >= 11 is 0. The first-order valence-corrected chi connectivity index (χ1v) is 21.5. The molecule has 2 saturated heterocycles. The molecule has 2 aromatic heterocycles. The standard InChI is InChI=1S/C42H53N7O6S/c1-6-43-36-25-48(27(3)26(36)2)42(51)35-23-44-46(4)39(35)31-20-30-21-32(54-5)13-15-33(30)40-38(28-10-8-7-9-11-28)34-14-12-29(22-37(34)49(40)24-31)41(50)45-56(52,53)47-16-18-55-19-17-47/h12-15,20-23,26-28,36,43H,6-11,16-19,24-25H2,1-5H3,(H,45,50). The van der Waals surface area contributed by atoms with Crippen molar-refractivity contribution in [3.63, 3.8) is 0 Å². The number of aromatic nitrogens is 3. The normalized spacial score (nSPS) is 22.1. The van der Waals surface area contributed by atoms with Gasteiger partial charge in [0, 0.05) is 60.8 Å². The van der Waals surface area contributed by atoms with Crippen LogP contribution in [-0.4, -0.2) is 102 Å². The van der Waals surface area contributed by atoms with Crippen LogP contribution in [0, 0.1) is 5.92 Å². The minimum Gasteiger partial charge on any atom is -0.497 e. The maximum Gasteiger partial charge on any atom is 0.304 e. The number of aryl methyl sites for hydroxylation is 1. The highest BCUT2D eigenvalue weighted by Crippen LogP contribution is 2.48. The molecule has 0 radical (unpaired) electrons. The number of rotatable bonds is 9. The highest BCUT2D eigenvalue weighted by atomic mass is 32.2. The third kappa shape index (κ3) is 6.84. The van der Waals surface area contributed by atoms with Crippen molar-refractivity contribution in [3.8, 4) is 17.0 Å². The van der Waals surface area contributed by atoms with Crippen molar-refractivity contribution in [2.24, 2.45) is 13.0 Å². The lowest BCUT2D eigenvalue weighted by atomic mass is 9.81. The number of likely N-dealkylation sites (N-methyl/N-ethyl adjacent to an activating group) is 1. The van der Waals surface area contributed by atoms with Crippen molar-refractivity contribution in [2.45, 2.75) is 77.4 Å². The molecule has 2 aromatic carbocycles. The zero-order valence-corrected chi connectivity index (χ0v) is 33.8. The molecule has 8 rings (SSSR count). The van der Waals surface area contributed by atoms with Crippen molar-refractivity contribution in [1.82, 2.24) is 33.6 Å². The van der Waals surface area contributed by atoms with Gasteiger partial charge in [-0.15, -0.1) is 0 Å². The van der Waals surface area contributed by atoms with E-state index in [1.165, 1.54) is 16.3 Å². The monoisotopic (exact) mass is 783 g/mol. The highest BCUT2D eigenvalue weighted by molar-refractivity contribution is 7.87.